The molecule has 0 fully saturated rings. The average Bonchev–Trinajstić information content (AvgIpc) is 1.89. The first kappa shape index (κ1) is 10.1. The van der Waals surface area contributed by atoms with Crippen LogP contribution in [0, 0.1) is 0 Å². The van der Waals surface area contributed by atoms with Crippen LogP contribution in [0.4, 0.5) is 0 Å². The van der Waals surface area contributed by atoms with Gasteiger partial charge in [0, 0.05) is 13.2 Å². The first-order valence-corrected chi connectivity index (χ1v) is 4.96. The van der Waals surface area contributed by atoms with Crippen LogP contribution < -0.4 is 0 Å². The molecule has 10 heavy (non-hydrogen) atoms. The normalized spacial score (nSPS) is 12.3. The molecule has 0 aromatic rings. The van der Waals surface area contributed by atoms with Crippen molar-refractivity contribution >= 4 is 10.2 Å². The van der Waals surface area contributed by atoms with Crippen LogP contribution in [0.15, 0.2) is 0 Å². The molecule has 0 bridgehead atoms. The van der Waals surface area contributed by atoms with E-state index in [-0.39, 0.29) is 5.41 Å². The Labute approximate surface area is 66.3 Å². The van der Waals surface area contributed by atoms with E-state index in [1.54, 1.807) is 0 Å². The molecule has 0 heterocycles. The van der Waals surface area contributed by atoms with Gasteiger partial charge in [-0.3, -0.25) is 0 Å². The molecule has 0 saturated heterocycles. The summed E-state index contributed by atoms with van der Waals surface area (Å²) in [5.41, 5.74) is -0.219. The van der Waals surface area contributed by atoms with Crippen LogP contribution in [0.5, 0.6) is 0 Å². The molecule has 0 aliphatic carbocycles. The Hall–Kier alpha value is 0.137. The zero-order valence-electron chi connectivity index (χ0n) is 7.44. The fourth-order valence-corrected chi connectivity index (χ4v) is 1.43. The van der Waals surface area contributed by atoms with Gasteiger partial charge in [-0.25, -0.2) is 0 Å². The summed E-state index contributed by atoms with van der Waals surface area (Å²) in [5.74, 6) is 0. The minimum atomic E-state index is -0.219. The average molecular weight is 162 g/mol. The summed E-state index contributed by atoms with van der Waals surface area (Å²) in [6.45, 7) is 7.59. The molecule has 62 valence electrons. The van der Waals surface area contributed by atoms with Crippen molar-refractivity contribution in [2.24, 2.45) is 0 Å². The monoisotopic (exact) mass is 162 g/mol. The first-order chi connectivity index (χ1) is 4.68. The van der Waals surface area contributed by atoms with Crippen molar-refractivity contribution < 1.29 is 9.47 Å². The maximum atomic E-state index is 5.46. The summed E-state index contributed by atoms with van der Waals surface area (Å²) in [5, 5.41) is 0. The maximum absolute atomic E-state index is 5.46. The Morgan fingerprint density at radius 3 is 1.70 bits per heavy atom. The summed E-state index contributed by atoms with van der Waals surface area (Å²) in [6, 6.07) is 0. The summed E-state index contributed by atoms with van der Waals surface area (Å²) < 4.78 is 10.9. The molecule has 0 aromatic heterocycles. The second-order valence-electron chi connectivity index (χ2n) is 2.35. The van der Waals surface area contributed by atoms with Crippen molar-refractivity contribution in [2.75, 3.05) is 13.2 Å². The molecule has 0 spiro atoms. The fourth-order valence-electron chi connectivity index (χ4n) is 0.856. The molecule has 0 amide bonds. The fraction of sp³-hybridized carbons (Fsp3) is 1.00. The topological polar surface area (TPSA) is 18.5 Å². The molecule has 2 nitrogen and oxygen atoms in total. The van der Waals surface area contributed by atoms with Crippen LogP contribution >= 0.6 is 0 Å². The second-order valence-corrected chi connectivity index (χ2v) is 3.88. The number of hydrogen-bond donors (Lipinski definition) is 0. The van der Waals surface area contributed by atoms with Crippen LogP contribution in [-0.4, -0.2) is 28.9 Å². The number of ether oxygens (including phenoxy) is 2. The zero-order valence-corrected chi connectivity index (χ0v) is 9.44. The van der Waals surface area contributed by atoms with Crippen molar-refractivity contribution in [3.63, 3.8) is 0 Å². The van der Waals surface area contributed by atoms with Gasteiger partial charge in [0.25, 0.3) is 0 Å². The van der Waals surface area contributed by atoms with Gasteiger partial charge in [-0.1, -0.05) is 6.92 Å². The van der Waals surface area contributed by atoms with Gasteiger partial charge in [0.2, 0.25) is 0 Å². The SMILES string of the molecule is CCOC([SiH3])(CC)OCC. The number of hydrogen-bond acceptors (Lipinski definition) is 2. The third kappa shape index (κ3) is 3.34. The van der Waals surface area contributed by atoms with Gasteiger partial charge in [-0.05, 0) is 20.3 Å². The summed E-state index contributed by atoms with van der Waals surface area (Å²) in [6.07, 6.45) is 0.959. The van der Waals surface area contributed by atoms with E-state index >= 15 is 0 Å². The Bertz CT molecular complexity index is 79.7. The van der Waals surface area contributed by atoms with Gasteiger partial charge >= 0.3 is 0 Å². The zero-order chi connectivity index (χ0) is 8.04. The van der Waals surface area contributed by atoms with E-state index < -0.39 is 0 Å². The molecule has 3 heteroatoms. The number of rotatable bonds is 5. The van der Waals surface area contributed by atoms with E-state index in [0.29, 0.717) is 0 Å². The van der Waals surface area contributed by atoms with Crippen LogP contribution in [-0.2, 0) is 9.47 Å². The molecule has 0 radical (unpaired) electrons. The predicted molar refractivity (Wildman–Crippen MR) is 46.2 cm³/mol. The van der Waals surface area contributed by atoms with E-state index in [1.807, 2.05) is 13.8 Å². The minimum absolute atomic E-state index is 0.219. The summed E-state index contributed by atoms with van der Waals surface area (Å²) in [4.78, 5) is 0. The second kappa shape index (κ2) is 4.88. The Balaban J connectivity index is 3.69. The highest BCUT2D eigenvalue weighted by Crippen LogP contribution is 2.12. The highest BCUT2D eigenvalue weighted by molar-refractivity contribution is 6.13. The molecule has 0 aromatic carbocycles. The van der Waals surface area contributed by atoms with Gasteiger partial charge in [-0.2, -0.15) is 0 Å². The molecule has 0 aliphatic rings. The van der Waals surface area contributed by atoms with Crippen molar-refractivity contribution in [1.82, 2.24) is 0 Å². The molecular weight excluding hydrogens is 144 g/mol. The lowest BCUT2D eigenvalue weighted by atomic mass is 10.4. The van der Waals surface area contributed by atoms with Gasteiger partial charge in [0.15, 0.2) is 0 Å². The molecule has 0 atom stereocenters. The van der Waals surface area contributed by atoms with Gasteiger partial charge in [-0.15, -0.1) is 0 Å². The van der Waals surface area contributed by atoms with Gasteiger partial charge in [0.1, 0.15) is 5.41 Å². The highest BCUT2D eigenvalue weighted by Gasteiger charge is 2.20. The van der Waals surface area contributed by atoms with Crippen LogP contribution in [0.2, 0.25) is 0 Å². The Morgan fingerprint density at radius 1 is 1.10 bits per heavy atom. The van der Waals surface area contributed by atoms with Crippen LogP contribution in [0.25, 0.3) is 0 Å². The van der Waals surface area contributed by atoms with Crippen LogP contribution in [0.1, 0.15) is 27.2 Å². The van der Waals surface area contributed by atoms with Crippen molar-refractivity contribution in [1.29, 1.82) is 0 Å². The lowest BCUT2D eigenvalue weighted by Crippen LogP contribution is -2.35. The largest absolute Gasteiger partial charge is 0.355 e. The molecular formula is C7H18O2Si. The van der Waals surface area contributed by atoms with E-state index in [9.17, 15) is 0 Å². The van der Waals surface area contributed by atoms with E-state index in [4.69, 9.17) is 9.47 Å². The van der Waals surface area contributed by atoms with E-state index in [1.165, 1.54) is 0 Å². The molecule has 0 aliphatic heterocycles. The highest BCUT2D eigenvalue weighted by atomic mass is 28.1. The summed E-state index contributed by atoms with van der Waals surface area (Å²) >= 11 is 0. The molecule has 0 saturated carbocycles. The van der Waals surface area contributed by atoms with E-state index in [0.717, 1.165) is 29.9 Å². The van der Waals surface area contributed by atoms with Gasteiger partial charge < -0.3 is 9.47 Å². The van der Waals surface area contributed by atoms with Crippen molar-refractivity contribution in [2.45, 2.75) is 32.6 Å². The smallest absolute Gasteiger partial charge is 0.141 e. The quantitative estimate of drug-likeness (QED) is 0.433. The minimum Gasteiger partial charge on any atom is -0.355 e. The first-order valence-electron chi connectivity index (χ1n) is 3.96. The molecule has 0 N–H and O–H groups in total. The standard InChI is InChI=1S/C7H18O2Si/c1-4-7(10,8-5-2)9-6-3/h4-6H2,1-3,10H3. The van der Waals surface area contributed by atoms with Crippen molar-refractivity contribution in [3.8, 4) is 0 Å². The predicted octanol–water partition coefficient (Wildman–Crippen LogP) is 0.489. The lowest BCUT2D eigenvalue weighted by Gasteiger charge is -2.27. The Morgan fingerprint density at radius 2 is 1.50 bits per heavy atom. The van der Waals surface area contributed by atoms with Gasteiger partial charge in [0.05, 0.1) is 10.2 Å². The third-order valence-electron chi connectivity index (χ3n) is 1.54. The van der Waals surface area contributed by atoms with E-state index in [2.05, 4.69) is 6.92 Å². The maximum Gasteiger partial charge on any atom is 0.141 e. The molecule has 0 unspecified atom stereocenters. The Kier molecular flexibility index (Phi) is 4.94. The van der Waals surface area contributed by atoms with Crippen LogP contribution in [0.3, 0.4) is 0 Å². The van der Waals surface area contributed by atoms with Crippen molar-refractivity contribution in [3.05, 3.63) is 0 Å². The lowest BCUT2D eigenvalue weighted by molar-refractivity contribution is -0.174. The third-order valence-corrected chi connectivity index (χ3v) is 2.83. The summed E-state index contributed by atoms with van der Waals surface area (Å²) in [7, 11) is 0.944. The molecule has 0 rings (SSSR count).